The first-order valence-electron chi connectivity index (χ1n) is 7.77. The molecule has 138 valence electrons. The van der Waals surface area contributed by atoms with Crippen molar-refractivity contribution in [1.82, 2.24) is 10.2 Å². The first-order chi connectivity index (χ1) is 11.6. The van der Waals surface area contributed by atoms with E-state index in [1.54, 1.807) is 13.8 Å². The molecule has 25 heavy (non-hydrogen) atoms. The number of nitrogens with one attached hydrogen (secondary N) is 1. The summed E-state index contributed by atoms with van der Waals surface area (Å²) in [6, 6.07) is -1.02. The average Bonchev–Trinajstić information content (AvgIpc) is 2.53. The van der Waals surface area contributed by atoms with Gasteiger partial charge >= 0.3 is 11.9 Å². The molecule has 2 aliphatic heterocycles. The van der Waals surface area contributed by atoms with Crippen LogP contribution in [0.2, 0.25) is 0 Å². The molecular weight excluding hydrogens is 350 g/mol. The van der Waals surface area contributed by atoms with Crippen molar-refractivity contribution in [3.05, 3.63) is 11.3 Å². The number of β-lactam (4-membered cyclic amide) rings is 1. The van der Waals surface area contributed by atoms with Crippen LogP contribution in [0.5, 0.6) is 0 Å². The maximum absolute atomic E-state index is 12.5. The molecule has 1 saturated heterocycles. The van der Waals surface area contributed by atoms with Crippen LogP contribution < -0.4 is 11.1 Å². The number of nitrogens with zero attached hydrogens (tertiary/aromatic N) is 1. The van der Waals surface area contributed by atoms with Gasteiger partial charge in [0.1, 0.15) is 22.7 Å². The molecule has 3 atom stereocenters. The molecule has 0 saturated carbocycles. The van der Waals surface area contributed by atoms with E-state index in [0.29, 0.717) is 11.3 Å². The SMILES string of the molecule is CC1=C(C(=O)O)N2C(=O)[C@@](C)(NC(=O)CCC[C@@H](N)C(=O)O)[C@H]2SC1. The maximum atomic E-state index is 12.5. The Balaban J connectivity index is 1.97. The fraction of sp³-hybridized carbons (Fsp3) is 0.600. The van der Waals surface area contributed by atoms with Crippen molar-refractivity contribution in [2.75, 3.05) is 5.75 Å². The molecule has 0 spiro atoms. The molecule has 0 aromatic rings. The first kappa shape index (κ1) is 19.3. The van der Waals surface area contributed by atoms with Crippen LogP contribution in [0.1, 0.15) is 33.1 Å². The van der Waals surface area contributed by atoms with Gasteiger partial charge in [-0.25, -0.2) is 4.79 Å². The number of carbonyl (C=O) groups is 4. The summed E-state index contributed by atoms with van der Waals surface area (Å²) >= 11 is 1.40. The normalized spacial score (nSPS) is 26.6. The molecule has 5 N–H and O–H groups in total. The van der Waals surface area contributed by atoms with Crippen LogP contribution in [0.25, 0.3) is 0 Å². The van der Waals surface area contributed by atoms with Gasteiger partial charge in [0.15, 0.2) is 0 Å². The number of carbonyl (C=O) groups excluding carboxylic acids is 2. The molecule has 10 heteroatoms. The second kappa shape index (κ2) is 7.04. The molecule has 0 bridgehead atoms. The Morgan fingerprint density at radius 1 is 1.44 bits per heavy atom. The number of thioether (sulfide) groups is 1. The highest BCUT2D eigenvalue weighted by atomic mass is 32.2. The van der Waals surface area contributed by atoms with Gasteiger partial charge in [0, 0.05) is 12.2 Å². The van der Waals surface area contributed by atoms with Crippen molar-refractivity contribution in [2.45, 2.75) is 50.1 Å². The molecule has 0 unspecified atom stereocenters. The second-order valence-electron chi connectivity index (χ2n) is 6.36. The molecule has 1 fully saturated rings. The zero-order valence-electron chi connectivity index (χ0n) is 13.9. The minimum Gasteiger partial charge on any atom is -0.480 e. The van der Waals surface area contributed by atoms with Crippen LogP contribution >= 0.6 is 11.8 Å². The van der Waals surface area contributed by atoms with E-state index < -0.39 is 40.7 Å². The summed E-state index contributed by atoms with van der Waals surface area (Å²) < 4.78 is 0. The summed E-state index contributed by atoms with van der Waals surface area (Å²) in [5.74, 6) is -2.67. The van der Waals surface area contributed by atoms with Crippen LogP contribution in [0.15, 0.2) is 11.3 Å². The third-order valence-corrected chi connectivity index (χ3v) is 5.93. The lowest BCUT2D eigenvalue weighted by atomic mass is 9.88. The summed E-state index contributed by atoms with van der Waals surface area (Å²) in [7, 11) is 0. The third-order valence-electron chi connectivity index (χ3n) is 4.33. The Morgan fingerprint density at radius 2 is 2.08 bits per heavy atom. The van der Waals surface area contributed by atoms with E-state index in [1.807, 2.05) is 0 Å². The van der Waals surface area contributed by atoms with Crippen molar-refractivity contribution in [2.24, 2.45) is 5.73 Å². The maximum Gasteiger partial charge on any atom is 0.352 e. The van der Waals surface area contributed by atoms with Crippen molar-refractivity contribution in [3.8, 4) is 0 Å². The quantitative estimate of drug-likeness (QED) is 0.446. The van der Waals surface area contributed by atoms with Crippen LogP contribution in [0.3, 0.4) is 0 Å². The predicted molar refractivity (Wildman–Crippen MR) is 89.4 cm³/mol. The molecule has 2 amide bonds. The third kappa shape index (κ3) is 3.49. The lowest BCUT2D eigenvalue weighted by Crippen LogP contribution is -2.78. The highest BCUT2D eigenvalue weighted by Crippen LogP contribution is 2.45. The van der Waals surface area contributed by atoms with E-state index in [-0.39, 0.29) is 25.0 Å². The fourth-order valence-corrected chi connectivity index (χ4v) is 4.34. The zero-order valence-corrected chi connectivity index (χ0v) is 14.8. The van der Waals surface area contributed by atoms with Gasteiger partial charge in [-0.2, -0.15) is 0 Å². The number of amides is 2. The Labute approximate surface area is 148 Å². The Bertz CT molecular complexity index is 664. The van der Waals surface area contributed by atoms with Gasteiger partial charge in [-0.05, 0) is 32.3 Å². The van der Waals surface area contributed by atoms with Crippen LogP contribution in [-0.4, -0.2) is 61.6 Å². The van der Waals surface area contributed by atoms with Gasteiger partial charge in [-0.3, -0.25) is 19.3 Å². The van der Waals surface area contributed by atoms with E-state index in [0.717, 1.165) is 0 Å². The Morgan fingerprint density at radius 3 is 2.64 bits per heavy atom. The minimum atomic E-state index is -1.17. The molecule has 0 aliphatic carbocycles. The molecule has 2 heterocycles. The van der Waals surface area contributed by atoms with Gasteiger partial charge in [0.05, 0.1) is 0 Å². The van der Waals surface area contributed by atoms with E-state index in [1.165, 1.54) is 16.7 Å². The standard InChI is InChI=1S/C15H21N3O6S/c1-7-6-25-14-15(2,13(24)18(14)10(7)12(22)23)17-9(19)5-3-4-8(16)11(20)21/h8,14H,3-6,16H2,1-2H3,(H,17,19)(H,20,21)(H,22,23)/t8-,14-,15-/m1/s1. The Hall–Kier alpha value is -2.07. The van der Waals surface area contributed by atoms with E-state index in [4.69, 9.17) is 10.8 Å². The van der Waals surface area contributed by atoms with Crippen LogP contribution in [0, 0.1) is 0 Å². The fourth-order valence-electron chi connectivity index (χ4n) is 2.95. The monoisotopic (exact) mass is 371 g/mol. The van der Waals surface area contributed by atoms with Gasteiger partial charge in [-0.15, -0.1) is 11.8 Å². The van der Waals surface area contributed by atoms with Gasteiger partial charge in [0.2, 0.25) is 5.91 Å². The summed E-state index contributed by atoms with van der Waals surface area (Å²) in [5.41, 5.74) is 4.80. The highest BCUT2D eigenvalue weighted by Gasteiger charge is 2.62. The molecular formula is C15H21N3O6S. The number of aliphatic carboxylic acids is 2. The highest BCUT2D eigenvalue weighted by molar-refractivity contribution is 8.00. The van der Waals surface area contributed by atoms with E-state index in [9.17, 15) is 24.3 Å². The Kier molecular flexibility index (Phi) is 5.43. The van der Waals surface area contributed by atoms with Crippen molar-refractivity contribution >= 4 is 35.5 Å². The van der Waals surface area contributed by atoms with E-state index in [2.05, 4.69) is 5.32 Å². The number of nitrogens with two attached hydrogens (primary N) is 1. The smallest absolute Gasteiger partial charge is 0.352 e. The number of hydrogen-bond donors (Lipinski definition) is 4. The van der Waals surface area contributed by atoms with Crippen LogP contribution in [0.4, 0.5) is 0 Å². The number of carboxylic acid groups (broad SMARTS) is 2. The van der Waals surface area contributed by atoms with Gasteiger partial charge < -0.3 is 21.3 Å². The number of fused-ring (bicyclic) bond motifs is 1. The van der Waals surface area contributed by atoms with Crippen molar-refractivity contribution < 1.29 is 29.4 Å². The lowest BCUT2D eigenvalue weighted by Gasteiger charge is -2.55. The molecule has 0 aromatic heterocycles. The first-order valence-corrected chi connectivity index (χ1v) is 8.82. The van der Waals surface area contributed by atoms with Gasteiger partial charge in [0.25, 0.3) is 5.91 Å². The molecule has 9 nitrogen and oxygen atoms in total. The average molecular weight is 371 g/mol. The van der Waals surface area contributed by atoms with Crippen LogP contribution in [-0.2, 0) is 19.2 Å². The number of hydrogen-bond acceptors (Lipinski definition) is 6. The van der Waals surface area contributed by atoms with Gasteiger partial charge in [-0.1, -0.05) is 0 Å². The lowest BCUT2D eigenvalue weighted by molar-refractivity contribution is -0.158. The number of rotatable bonds is 7. The summed E-state index contributed by atoms with van der Waals surface area (Å²) in [5, 5.41) is 20.2. The zero-order chi connectivity index (χ0) is 18.9. The van der Waals surface area contributed by atoms with Crippen molar-refractivity contribution in [3.63, 3.8) is 0 Å². The van der Waals surface area contributed by atoms with E-state index >= 15 is 0 Å². The summed E-state index contributed by atoms with van der Waals surface area (Å²) in [6.45, 7) is 3.24. The molecule has 0 aromatic carbocycles. The summed E-state index contributed by atoms with van der Waals surface area (Å²) in [4.78, 5) is 47.8. The topological polar surface area (TPSA) is 150 Å². The number of carboxylic acids is 2. The second-order valence-corrected chi connectivity index (χ2v) is 7.43. The summed E-state index contributed by atoms with van der Waals surface area (Å²) in [6.07, 6.45) is 0.481. The molecule has 2 rings (SSSR count). The minimum absolute atomic E-state index is 0.0205. The molecule has 2 aliphatic rings. The predicted octanol–water partition coefficient (Wildman–Crippen LogP) is -0.283. The largest absolute Gasteiger partial charge is 0.480 e. The molecule has 0 radical (unpaired) electrons. The van der Waals surface area contributed by atoms with Crippen molar-refractivity contribution in [1.29, 1.82) is 0 Å².